The average Bonchev–Trinajstić information content (AvgIpc) is 3.83. The predicted molar refractivity (Wildman–Crippen MR) is 189 cm³/mol. The Balaban J connectivity index is 0.000000149. The van der Waals surface area contributed by atoms with Crippen molar-refractivity contribution in [1.82, 2.24) is 30.4 Å². The molecule has 0 radical (unpaired) electrons. The summed E-state index contributed by atoms with van der Waals surface area (Å²) in [5, 5.41) is 23.3. The summed E-state index contributed by atoms with van der Waals surface area (Å²) in [5.74, 6) is 1.14. The quantitative estimate of drug-likeness (QED) is 0.186. The molecule has 0 saturated heterocycles. The van der Waals surface area contributed by atoms with Crippen molar-refractivity contribution in [1.29, 1.82) is 0 Å². The number of hydrogen-bond donors (Lipinski definition) is 0. The topological polar surface area (TPSA) is 79.8 Å². The Morgan fingerprint density at radius 3 is 2.10 bits per heavy atom. The zero-order chi connectivity index (χ0) is 32.9. The molecule has 4 aromatic heterocycles. The van der Waals surface area contributed by atoms with Crippen molar-refractivity contribution in [3.63, 3.8) is 0 Å². The van der Waals surface area contributed by atoms with Gasteiger partial charge in [-0.25, -0.2) is 0 Å². The summed E-state index contributed by atoms with van der Waals surface area (Å²) in [6.07, 6.45) is 14.2. The van der Waals surface area contributed by atoms with Gasteiger partial charge in [0, 0.05) is 45.2 Å². The van der Waals surface area contributed by atoms with Crippen molar-refractivity contribution in [2.75, 3.05) is 0 Å². The Morgan fingerprint density at radius 2 is 1.42 bits per heavy atom. The first-order valence-corrected chi connectivity index (χ1v) is 17.6. The van der Waals surface area contributed by atoms with Crippen LogP contribution < -0.4 is 20.6 Å². The van der Waals surface area contributed by atoms with Gasteiger partial charge < -0.3 is 20.4 Å². The molecule has 6 nitrogen and oxygen atoms in total. The largest absolute Gasteiger partial charge is 2.00 e. The van der Waals surface area contributed by atoms with Gasteiger partial charge in [-0.15, -0.1) is 0 Å². The molecule has 9 rings (SSSR count). The van der Waals surface area contributed by atoms with Crippen LogP contribution in [0, 0.1) is 10.8 Å². The van der Waals surface area contributed by atoms with Crippen LogP contribution >= 0.6 is 0 Å². The fourth-order valence-electron chi connectivity index (χ4n) is 10.1. The van der Waals surface area contributed by atoms with E-state index in [2.05, 4.69) is 124 Å². The average molecular weight is 818 g/mol. The van der Waals surface area contributed by atoms with Gasteiger partial charge in [0.2, 0.25) is 0 Å². The van der Waals surface area contributed by atoms with E-state index in [1.165, 1.54) is 69.4 Å². The van der Waals surface area contributed by atoms with E-state index in [0.717, 1.165) is 29.2 Å². The normalized spacial score (nSPS) is 29.5. The molecule has 4 aliphatic carbocycles. The van der Waals surface area contributed by atoms with Gasteiger partial charge in [-0.2, -0.15) is 0 Å². The van der Waals surface area contributed by atoms with Crippen molar-refractivity contribution in [2.24, 2.45) is 10.8 Å². The van der Waals surface area contributed by atoms with Crippen LogP contribution in [0.2, 0.25) is 0 Å². The molecule has 48 heavy (non-hydrogen) atoms. The number of aromatic nitrogens is 6. The predicted octanol–water partition coefficient (Wildman–Crippen LogP) is 7.69. The Labute approximate surface area is 298 Å². The molecule has 0 amide bonds. The van der Waals surface area contributed by atoms with E-state index < -0.39 is 0 Å². The second-order valence-corrected chi connectivity index (χ2v) is 15.6. The van der Waals surface area contributed by atoms with Gasteiger partial charge in [-0.1, -0.05) is 89.3 Å². The second-order valence-electron chi connectivity index (χ2n) is 15.6. The van der Waals surface area contributed by atoms with Gasteiger partial charge >= 0.3 is 21.1 Å². The maximum Gasteiger partial charge on any atom is 2.00 e. The Kier molecular flexibility index (Phi) is 7.83. The summed E-state index contributed by atoms with van der Waals surface area (Å²) in [6.45, 7) is 18.4. The summed E-state index contributed by atoms with van der Waals surface area (Å²) in [4.78, 5) is 9.38. The van der Waals surface area contributed by atoms with Crippen LogP contribution in [0.15, 0.2) is 48.8 Å². The number of hydrogen-bond acceptors (Lipinski definition) is 4. The van der Waals surface area contributed by atoms with E-state index in [1.54, 1.807) is 0 Å². The standard InChI is InChI=1S/C21H26N3.C20H20N3.Pt/c1-6-13-10-12-22-17(14(13)7-2)18-16-15-9-11-21(15,5)20(4,8-3)19(16)24-23-18;1-19(2)14-8-10-20(19,3)18-15(14)17(22-23-18)16-13-7-5-4-6-12(13)9-11-21-16;/h6-7,10,12,15H,8-9,11H2,1-5H3;4-7,9,11,14H,8,10H2,1-3H3;/q2*-1;+2/b13-6-,14-7+;;. The maximum atomic E-state index is 4.70. The van der Waals surface area contributed by atoms with Crippen molar-refractivity contribution in [2.45, 2.75) is 110 Å². The molecule has 0 aliphatic heterocycles. The second kappa shape index (κ2) is 11.3. The molecule has 250 valence electrons. The molecule has 2 fully saturated rings. The molecule has 0 spiro atoms. The van der Waals surface area contributed by atoms with Gasteiger partial charge in [0.15, 0.2) is 0 Å². The van der Waals surface area contributed by atoms with E-state index in [4.69, 9.17) is 10.1 Å². The molecule has 7 heteroatoms. The van der Waals surface area contributed by atoms with E-state index in [1.807, 2.05) is 12.4 Å². The van der Waals surface area contributed by atoms with Crippen LogP contribution in [0.3, 0.4) is 0 Å². The molecule has 5 atom stereocenters. The molecule has 5 unspecified atom stereocenters. The summed E-state index contributed by atoms with van der Waals surface area (Å²) in [6, 6.07) is 12.5. The monoisotopic (exact) mass is 817 g/mol. The molecule has 1 aromatic carbocycles. The van der Waals surface area contributed by atoms with Crippen molar-refractivity contribution in [3.05, 3.63) is 81.7 Å². The third-order valence-corrected chi connectivity index (χ3v) is 13.9. The fourth-order valence-corrected chi connectivity index (χ4v) is 10.1. The van der Waals surface area contributed by atoms with Crippen LogP contribution in [-0.4, -0.2) is 20.2 Å². The van der Waals surface area contributed by atoms with Crippen molar-refractivity contribution in [3.8, 4) is 22.8 Å². The molecular formula is C41H46N6Pt. The van der Waals surface area contributed by atoms with E-state index in [9.17, 15) is 0 Å². The van der Waals surface area contributed by atoms with E-state index >= 15 is 0 Å². The van der Waals surface area contributed by atoms with Crippen molar-refractivity contribution < 1.29 is 21.1 Å². The molecule has 5 aromatic rings. The zero-order valence-corrected chi connectivity index (χ0v) is 31.7. The molecule has 4 aliphatic rings. The SMILES string of the molecule is C/C=c1/ccnc(-c2[n-]nc3c2C2CCC2(C)C3(C)CC)/c1=C/C.CC12CCC(c3c1n[n-]c3-c1nccc3ccccc13)C2(C)C.[Pt+2]. The molecule has 0 N–H and O–H groups in total. The zero-order valence-electron chi connectivity index (χ0n) is 29.5. The molecule has 2 saturated carbocycles. The Hall–Kier alpha value is -3.37. The first-order chi connectivity index (χ1) is 22.6. The summed E-state index contributed by atoms with van der Waals surface area (Å²) < 4.78 is 0. The minimum absolute atomic E-state index is 0. The number of benzene rings is 1. The number of fused-ring (bicyclic) bond motifs is 9. The van der Waals surface area contributed by atoms with Crippen molar-refractivity contribution >= 4 is 22.9 Å². The first kappa shape index (κ1) is 33.1. The van der Waals surface area contributed by atoms with E-state index in [0.29, 0.717) is 17.3 Å². The molecule has 4 heterocycles. The fraction of sp³-hybridized carbons (Fsp3) is 0.463. The third kappa shape index (κ3) is 4.08. The van der Waals surface area contributed by atoms with Gasteiger partial charge in [-0.3, -0.25) is 9.97 Å². The van der Waals surface area contributed by atoms with E-state index in [-0.39, 0.29) is 37.3 Å². The van der Waals surface area contributed by atoms with Gasteiger partial charge in [0.1, 0.15) is 0 Å². The molecule has 2 bridgehead atoms. The van der Waals surface area contributed by atoms with Gasteiger partial charge in [-0.05, 0) is 102 Å². The van der Waals surface area contributed by atoms with Crippen LogP contribution in [0.1, 0.15) is 122 Å². The third-order valence-electron chi connectivity index (χ3n) is 13.9. The number of pyridine rings is 2. The van der Waals surface area contributed by atoms with Crippen LogP contribution in [0.25, 0.3) is 45.7 Å². The maximum absolute atomic E-state index is 4.70. The first-order valence-electron chi connectivity index (χ1n) is 17.6. The summed E-state index contributed by atoms with van der Waals surface area (Å²) >= 11 is 0. The Morgan fingerprint density at radius 1 is 0.771 bits per heavy atom. The van der Waals surface area contributed by atoms with Gasteiger partial charge in [0.25, 0.3) is 0 Å². The summed E-state index contributed by atoms with van der Waals surface area (Å²) in [7, 11) is 0. The Bertz CT molecular complexity index is 2170. The van der Waals surface area contributed by atoms with Gasteiger partial charge in [0.05, 0.1) is 11.4 Å². The smallest absolute Gasteiger partial charge is 0.573 e. The summed E-state index contributed by atoms with van der Waals surface area (Å²) in [5.41, 5.74) is 10.1. The molecular weight excluding hydrogens is 772 g/mol. The minimum Gasteiger partial charge on any atom is -0.573 e. The van der Waals surface area contributed by atoms with Crippen LogP contribution in [-0.2, 0) is 31.9 Å². The number of rotatable bonds is 3. The van der Waals surface area contributed by atoms with Crippen LogP contribution in [0.5, 0.6) is 0 Å². The van der Waals surface area contributed by atoms with Crippen LogP contribution in [0.4, 0.5) is 0 Å². The minimum atomic E-state index is 0. The number of nitrogens with zero attached hydrogens (tertiary/aromatic N) is 6.